The molecule has 0 aliphatic rings. The van der Waals surface area contributed by atoms with Crippen molar-refractivity contribution < 1.29 is 10.0 Å². The highest BCUT2D eigenvalue weighted by atomic mass is 16.5. The van der Waals surface area contributed by atoms with Gasteiger partial charge in [0.1, 0.15) is 5.41 Å². The lowest BCUT2D eigenvalue weighted by atomic mass is 9.95. The molecule has 0 aliphatic carbocycles. The summed E-state index contributed by atoms with van der Waals surface area (Å²) in [5.41, 5.74) is 0.251. The first kappa shape index (κ1) is 7.92. The van der Waals surface area contributed by atoms with Crippen molar-refractivity contribution in [2.45, 2.75) is 13.8 Å². The van der Waals surface area contributed by atoms with Gasteiger partial charge in [0.15, 0.2) is 0 Å². The van der Waals surface area contributed by atoms with E-state index in [1.54, 1.807) is 6.07 Å². The number of carbonyl (C=O) groups is 1. The molecule has 0 aromatic carbocycles. The number of nitrogens with one attached hydrogen (secondary N) is 1. The summed E-state index contributed by atoms with van der Waals surface area (Å²) in [6.45, 7) is 2.83. The standard InChI is InChI=1S/C5H8N2O2/c1-5(2,3-6)4(8)7-9/h9H,1-2H3,(H,7,8). The summed E-state index contributed by atoms with van der Waals surface area (Å²) in [7, 11) is 0. The average molecular weight is 128 g/mol. The Morgan fingerprint density at radius 3 is 2.33 bits per heavy atom. The third kappa shape index (κ3) is 1.70. The summed E-state index contributed by atoms with van der Waals surface area (Å²) < 4.78 is 0. The Morgan fingerprint density at radius 2 is 2.22 bits per heavy atom. The van der Waals surface area contributed by atoms with Crippen LogP contribution in [0.4, 0.5) is 0 Å². The van der Waals surface area contributed by atoms with Gasteiger partial charge in [-0.1, -0.05) is 0 Å². The van der Waals surface area contributed by atoms with Crippen molar-refractivity contribution in [3.05, 3.63) is 0 Å². The predicted octanol–water partition coefficient (Wildman–Crippen LogP) is 0.0416. The molecule has 0 saturated heterocycles. The van der Waals surface area contributed by atoms with Gasteiger partial charge in [-0.15, -0.1) is 0 Å². The van der Waals surface area contributed by atoms with Crippen LogP contribution in [0.15, 0.2) is 0 Å². The molecular formula is C5H8N2O2. The minimum atomic E-state index is -1.14. The number of nitrogens with zero attached hydrogens (tertiary/aromatic N) is 1. The monoisotopic (exact) mass is 128 g/mol. The van der Waals surface area contributed by atoms with E-state index < -0.39 is 11.3 Å². The first-order chi connectivity index (χ1) is 4.04. The summed E-state index contributed by atoms with van der Waals surface area (Å²) in [4.78, 5) is 10.5. The molecule has 0 bridgehead atoms. The minimum absolute atomic E-state index is 0.690. The first-order valence-electron chi connectivity index (χ1n) is 2.40. The predicted molar refractivity (Wildman–Crippen MR) is 29.3 cm³/mol. The molecule has 0 rings (SSSR count). The maximum Gasteiger partial charge on any atom is 0.263 e. The molecule has 0 fully saturated rings. The fourth-order valence-electron chi connectivity index (χ4n) is 0.191. The van der Waals surface area contributed by atoms with Gasteiger partial charge in [0.2, 0.25) is 0 Å². The van der Waals surface area contributed by atoms with Gasteiger partial charge >= 0.3 is 0 Å². The van der Waals surface area contributed by atoms with E-state index in [9.17, 15) is 4.79 Å². The molecule has 0 aromatic rings. The highest BCUT2D eigenvalue weighted by Crippen LogP contribution is 2.11. The van der Waals surface area contributed by atoms with E-state index in [4.69, 9.17) is 10.5 Å². The van der Waals surface area contributed by atoms with Crippen LogP contribution in [0.1, 0.15) is 13.8 Å². The summed E-state index contributed by atoms with van der Waals surface area (Å²) in [5, 5.41) is 16.3. The third-order valence-electron chi connectivity index (χ3n) is 0.949. The van der Waals surface area contributed by atoms with Crippen LogP contribution in [-0.4, -0.2) is 11.1 Å². The Hall–Kier alpha value is -1.08. The molecule has 0 radical (unpaired) electrons. The van der Waals surface area contributed by atoms with Crippen LogP contribution in [0.2, 0.25) is 0 Å². The highest BCUT2D eigenvalue weighted by Gasteiger charge is 2.26. The summed E-state index contributed by atoms with van der Waals surface area (Å²) >= 11 is 0. The van der Waals surface area contributed by atoms with E-state index in [1.807, 2.05) is 0 Å². The molecule has 1 amide bonds. The molecule has 0 heterocycles. The molecule has 0 spiro atoms. The van der Waals surface area contributed by atoms with Gasteiger partial charge in [-0.25, -0.2) is 5.48 Å². The van der Waals surface area contributed by atoms with Crippen molar-refractivity contribution >= 4 is 5.91 Å². The molecule has 50 valence electrons. The van der Waals surface area contributed by atoms with Crippen molar-refractivity contribution in [2.24, 2.45) is 5.41 Å². The lowest BCUT2D eigenvalue weighted by molar-refractivity contribution is -0.135. The van der Waals surface area contributed by atoms with Crippen LogP contribution in [0.25, 0.3) is 0 Å². The second-order valence-corrected chi connectivity index (χ2v) is 2.18. The van der Waals surface area contributed by atoms with E-state index in [0.29, 0.717) is 0 Å². The van der Waals surface area contributed by atoms with E-state index in [0.717, 1.165) is 0 Å². The molecule has 0 aliphatic heterocycles. The fraction of sp³-hybridized carbons (Fsp3) is 0.600. The van der Waals surface area contributed by atoms with Gasteiger partial charge in [0.05, 0.1) is 6.07 Å². The van der Waals surface area contributed by atoms with Crippen molar-refractivity contribution in [1.29, 1.82) is 5.26 Å². The molecule has 4 heteroatoms. The smallest absolute Gasteiger partial charge is 0.263 e. The number of amides is 1. The summed E-state index contributed by atoms with van der Waals surface area (Å²) in [6.07, 6.45) is 0. The maximum atomic E-state index is 10.5. The van der Waals surface area contributed by atoms with Crippen LogP contribution < -0.4 is 5.48 Å². The second kappa shape index (κ2) is 2.46. The molecular weight excluding hydrogens is 120 g/mol. The number of nitriles is 1. The van der Waals surface area contributed by atoms with Gasteiger partial charge in [-0.05, 0) is 13.8 Å². The molecule has 0 unspecified atom stereocenters. The number of carbonyl (C=O) groups excluding carboxylic acids is 1. The molecule has 0 aromatic heterocycles. The maximum absolute atomic E-state index is 10.5. The van der Waals surface area contributed by atoms with Crippen molar-refractivity contribution in [3.63, 3.8) is 0 Å². The Morgan fingerprint density at radius 1 is 1.78 bits per heavy atom. The fourth-order valence-corrected chi connectivity index (χ4v) is 0.191. The lowest BCUT2D eigenvalue weighted by Crippen LogP contribution is -2.33. The van der Waals surface area contributed by atoms with E-state index in [1.165, 1.54) is 19.3 Å². The zero-order valence-corrected chi connectivity index (χ0v) is 5.30. The van der Waals surface area contributed by atoms with E-state index in [2.05, 4.69) is 0 Å². The largest absolute Gasteiger partial charge is 0.289 e. The quantitative estimate of drug-likeness (QED) is 0.387. The topological polar surface area (TPSA) is 73.1 Å². The van der Waals surface area contributed by atoms with E-state index >= 15 is 0 Å². The number of hydrogen-bond donors (Lipinski definition) is 2. The first-order valence-corrected chi connectivity index (χ1v) is 2.40. The normalized spacial score (nSPS) is 10.0. The number of hydrogen-bond acceptors (Lipinski definition) is 3. The Labute approximate surface area is 53.1 Å². The lowest BCUT2D eigenvalue weighted by Gasteiger charge is -2.10. The van der Waals surface area contributed by atoms with Crippen LogP contribution in [0.3, 0.4) is 0 Å². The molecule has 0 atom stereocenters. The molecule has 2 N–H and O–H groups in total. The van der Waals surface area contributed by atoms with Crippen LogP contribution in [0, 0.1) is 16.7 Å². The SMILES string of the molecule is CC(C)(C#N)C(=O)NO. The van der Waals surface area contributed by atoms with Crippen LogP contribution >= 0.6 is 0 Å². The average Bonchev–Trinajstić information content (AvgIpc) is 1.86. The Bertz CT molecular complexity index is 157. The Balaban J connectivity index is 4.19. The summed E-state index contributed by atoms with van der Waals surface area (Å²) in [6, 6.07) is 1.72. The molecule has 9 heavy (non-hydrogen) atoms. The molecule has 4 nitrogen and oxygen atoms in total. The Kier molecular flexibility index (Phi) is 2.17. The van der Waals surface area contributed by atoms with Gasteiger partial charge in [-0.2, -0.15) is 5.26 Å². The van der Waals surface area contributed by atoms with Crippen LogP contribution in [0.5, 0.6) is 0 Å². The van der Waals surface area contributed by atoms with Gasteiger partial charge < -0.3 is 0 Å². The zero-order chi connectivity index (χ0) is 7.49. The van der Waals surface area contributed by atoms with Crippen LogP contribution in [-0.2, 0) is 4.79 Å². The van der Waals surface area contributed by atoms with Crippen molar-refractivity contribution in [2.75, 3.05) is 0 Å². The van der Waals surface area contributed by atoms with Gasteiger partial charge in [-0.3, -0.25) is 10.0 Å². The number of rotatable bonds is 1. The van der Waals surface area contributed by atoms with Crippen molar-refractivity contribution in [1.82, 2.24) is 5.48 Å². The number of hydroxylamine groups is 1. The second-order valence-electron chi connectivity index (χ2n) is 2.18. The van der Waals surface area contributed by atoms with Gasteiger partial charge in [0.25, 0.3) is 5.91 Å². The van der Waals surface area contributed by atoms with E-state index in [-0.39, 0.29) is 0 Å². The minimum Gasteiger partial charge on any atom is -0.289 e. The van der Waals surface area contributed by atoms with Crippen molar-refractivity contribution in [3.8, 4) is 6.07 Å². The molecule has 0 saturated carbocycles. The summed E-state index contributed by atoms with van der Waals surface area (Å²) in [5.74, 6) is -0.690. The van der Waals surface area contributed by atoms with Gasteiger partial charge in [0, 0.05) is 0 Å². The third-order valence-corrected chi connectivity index (χ3v) is 0.949. The zero-order valence-electron chi connectivity index (χ0n) is 5.30. The highest BCUT2D eigenvalue weighted by molar-refractivity contribution is 5.83.